The fourth-order valence-corrected chi connectivity index (χ4v) is 4.24. The monoisotopic (exact) mass is 461 g/mol. The van der Waals surface area contributed by atoms with Crippen molar-refractivity contribution >= 4 is 28.1 Å². The number of rotatable bonds is 6. The summed E-state index contributed by atoms with van der Waals surface area (Å²) in [6.45, 7) is 2.95. The van der Waals surface area contributed by atoms with Gasteiger partial charge in [-0.3, -0.25) is 0 Å². The molecule has 0 aliphatic heterocycles. The minimum atomic E-state index is -0.372. The number of carbonyl (C=O) groups is 1. The third-order valence-electron chi connectivity index (χ3n) is 5.43. The lowest BCUT2D eigenvalue weighted by molar-refractivity contribution is 0.143. The second-order valence-electron chi connectivity index (χ2n) is 7.45. The van der Waals surface area contributed by atoms with Crippen LogP contribution in [0, 0.1) is 6.92 Å². The highest BCUT2D eigenvalue weighted by molar-refractivity contribution is 9.10. The molecule has 0 aromatic heterocycles. The lowest BCUT2D eigenvalue weighted by Gasteiger charge is -2.14. The Morgan fingerprint density at radius 2 is 1.70 bits per heavy atom. The first-order valence-electron chi connectivity index (χ1n) is 10.1. The van der Waals surface area contributed by atoms with E-state index in [-0.39, 0.29) is 12.0 Å². The topological polar surface area (TPSA) is 38.3 Å². The number of fused-ring (bicyclic) bond motifs is 3. The molecule has 1 aliphatic carbocycles. The van der Waals surface area contributed by atoms with Crippen molar-refractivity contribution in [3.63, 3.8) is 0 Å². The van der Waals surface area contributed by atoms with Crippen molar-refractivity contribution in [2.45, 2.75) is 19.3 Å². The minimum absolute atomic E-state index is 0.0861. The molecule has 0 heterocycles. The van der Waals surface area contributed by atoms with Crippen molar-refractivity contribution < 1.29 is 9.53 Å². The molecule has 3 aromatic carbocycles. The van der Waals surface area contributed by atoms with Crippen molar-refractivity contribution in [2.24, 2.45) is 0 Å². The van der Waals surface area contributed by atoms with Crippen molar-refractivity contribution in [1.29, 1.82) is 0 Å². The fraction of sp³-hybridized carbons (Fsp3) is 0.192. The Kier molecular flexibility index (Phi) is 6.34. The predicted molar refractivity (Wildman–Crippen MR) is 126 cm³/mol. The molecule has 0 saturated carbocycles. The van der Waals surface area contributed by atoms with Gasteiger partial charge in [0.25, 0.3) is 0 Å². The third-order valence-corrected chi connectivity index (χ3v) is 6.28. The van der Waals surface area contributed by atoms with Gasteiger partial charge in [0.15, 0.2) is 0 Å². The van der Waals surface area contributed by atoms with Crippen LogP contribution in [0.5, 0.6) is 0 Å². The number of hydrogen-bond acceptors (Lipinski definition) is 2. The molecule has 152 valence electrons. The number of amides is 1. The van der Waals surface area contributed by atoms with Crippen LogP contribution in [0.1, 0.15) is 34.6 Å². The molecular formula is C26H24BrNO2. The van der Waals surface area contributed by atoms with Crippen LogP contribution in [0.25, 0.3) is 17.2 Å². The van der Waals surface area contributed by atoms with Crippen LogP contribution in [0.4, 0.5) is 4.79 Å². The van der Waals surface area contributed by atoms with Gasteiger partial charge in [-0.1, -0.05) is 88.7 Å². The number of benzene rings is 3. The highest BCUT2D eigenvalue weighted by Crippen LogP contribution is 2.44. The molecule has 3 nitrogen and oxygen atoms in total. The summed E-state index contributed by atoms with van der Waals surface area (Å²) in [5, 5.41) is 2.84. The van der Waals surface area contributed by atoms with Crippen LogP contribution in [0.3, 0.4) is 0 Å². The van der Waals surface area contributed by atoms with E-state index >= 15 is 0 Å². The van der Waals surface area contributed by atoms with Gasteiger partial charge >= 0.3 is 6.09 Å². The van der Waals surface area contributed by atoms with Gasteiger partial charge in [-0.15, -0.1) is 0 Å². The normalized spacial score (nSPS) is 12.6. The molecule has 4 rings (SSSR count). The molecule has 0 atom stereocenters. The first kappa shape index (κ1) is 20.4. The number of alkyl carbamates (subject to hydrolysis) is 1. The Labute approximate surface area is 185 Å². The summed E-state index contributed by atoms with van der Waals surface area (Å²) < 4.78 is 6.65. The molecule has 1 amide bonds. The zero-order valence-electron chi connectivity index (χ0n) is 16.9. The second-order valence-corrected chi connectivity index (χ2v) is 8.31. The Hall–Kier alpha value is -2.85. The molecular weight excluding hydrogens is 438 g/mol. The standard InChI is InChI=1S/C26H24BrNO2/c1-18-13-14-19(16-25(18)27)8-6-7-15-28-26(29)30-17-24-22-11-4-2-9-20(22)21-10-3-5-12-23(21)24/h2-6,8-14,16,24H,7,15,17H2,1H3,(H,28,29). The van der Waals surface area contributed by atoms with Crippen LogP contribution in [0.15, 0.2) is 77.3 Å². The number of aryl methyl sites for hydroxylation is 1. The van der Waals surface area contributed by atoms with Crippen LogP contribution in [-0.2, 0) is 4.74 Å². The van der Waals surface area contributed by atoms with E-state index in [4.69, 9.17) is 4.74 Å². The number of nitrogens with one attached hydrogen (secondary N) is 1. The summed E-state index contributed by atoms with van der Waals surface area (Å²) in [5.74, 6) is 0.0861. The van der Waals surface area contributed by atoms with E-state index in [0.717, 1.165) is 16.5 Å². The van der Waals surface area contributed by atoms with Gasteiger partial charge in [-0.05, 0) is 52.8 Å². The van der Waals surface area contributed by atoms with Gasteiger partial charge in [-0.2, -0.15) is 0 Å². The average Bonchev–Trinajstić information content (AvgIpc) is 3.08. The largest absolute Gasteiger partial charge is 0.449 e. The molecule has 30 heavy (non-hydrogen) atoms. The predicted octanol–water partition coefficient (Wildman–Crippen LogP) is 6.70. The van der Waals surface area contributed by atoms with Gasteiger partial charge in [0.2, 0.25) is 0 Å². The average molecular weight is 462 g/mol. The zero-order chi connectivity index (χ0) is 20.9. The molecule has 1 N–H and O–H groups in total. The molecule has 0 saturated heterocycles. The highest BCUT2D eigenvalue weighted by Gasteiger charge is 2.28. The van der Waals surface area contributed by atoms with E-state index in [1.165, 1.54) is 27.8 Å². The van der Waals surface area contributed by atoms with Crippen LogP contribution in [-0.4, -0.2) is 19.2 Å². The maximum absolute atomic E-state index is 12.2. The molecule has 1 aliphatic rings. The Balaban J connectivity index is 1.27. The van der Waals surface area contributed by atoms with Gasteiger partial charge in [0, 0.05) is 16.9 Å². The summed E-state index contributed by atoms with van der Waals surface area (Å²) >= 11 is 3.55. The number of carbonyl (C=O) groups excluding carboxylic acids is 1. The van der Waals surface area contributed by atoms with Crippen LogP contribution in [0.2, 0.25) is 0 Å². The molecule has 0 spiro atoms. The lowest BCUT2D eigenvalue weighted by Crippen LogP contribution is -2.26. The first-order valence-corrected chi connectivity index (χ1v) is 10.9. The quantitative estimate of drug-likeness (QED) is 0.414. The van der Waals surface area contributed by atoms with E-state index in [2.05, 4.69) is 82.8 Å². The SMILES string of the molecule is Cc1ccc(C=CCCNC(=O)OCC2c3ccccc3-c3ccccc32)cc1Br. The summed E-state index contributed by atoms with van der Waals surface area (Å²) in [6, 6.07) is 22.9. The first-order chi connectivity index (χ1) is 14.6. The number of hydrogen-bond donors (Lipinski definition) is 1. The minimum Gasteiger partial charge on any atom is -0.449 e. The summed E-state index contributed by atoms with van der Waals surface area (Å²) in [7, 11) is 0. The van der Waals surface area contributed by atoms with E-state index in [1.54, 1.807) is 0 Å². The maximum atomic E-state index is 12.2. The second kappa shape index (κ2) is 9.31. The van der Waals surface area contributed by atoms with Gasteiger partial charge in [0.1, 0.15) is 6.61 Å². The molecule has 3 aromatic rings. The smallest absolute Gasteiger partial charge is 0.407 e. The molecule has 0 bridgehead atoms. The number of halogens is 1. The Morgan fingerprint density at radius 1 is 1.03 bits per heavy atom. The van der Waals surface area contributed by atoms with Gasteiger partial charge in [0.05, 0.1) is 0 Å². The van der Waals surface area contributed by atoms with E-state index in [9.17, 15) is 4.79 Å². The van der Waals surface area contributed by atoms with Crippen LogP contribution < -0.4 is 5.32 Å². The summed E-state index contributed by atoms with van der Waals surface area (Å²) in [5.41, 5.74) is 7.25. The van der Waals surface area contributed by atoms with Crippen molar-refractivity contribution in [2.75, 3.05) is 13.2 Å². The number of ether oxygens (including phenoxy) is 1. The fourth-order valence-electron chi connectivity index (χ4n) is 3.84. The summed E-state index contributed by atoms with van der Waals surface area (Å²) in [4.78, 5) is 12.2. The Morgan fingerprint density at radius 3 is 2.37 bits per heavy atom. The van der Waals surface area contributed by atoms with Crippen molar-refractivity contribution in [3.05, 3.63) is 99.5 Å². The Bertz CT molecular complexity index is 1040. The summed E-state index contributed by atoms with van der Waals surface area (Å²) in [6.07, 6.45) is 4.49. The molecule has 0 fully saturated rings. The van der Waals surface area contributed by atoms with E-state index < -0.39 is 0 Å². The molecule has 0 radical (unpaired) electrons. The van der Waals surface area contributed by atoms with E-state index in [1.807, 2.05) is 24.3 Å². The van der Waals surface area contributed by atoms with Crippen molar-refractivity contribution in [1.82, 2.24) is 5.32 Å². The van der Waals surface area contributed by atoms with Gasteiger partial charge in [-0.25, -0.2) is 4.79 Å². The third kappa shape index (κ3) is 4.49. The lowest BCUT2D eigenvalue weighted by atomic mass is 9.98. The highest BCUT2D eigenvalue weighted by atomic mass is 79.9. The van der Waals surface area contributed by atoms with Crippen LogP contribution >= 0.6 is 15.9 Å². The molecule has 4 heteroatoms. The van der Waals surface area contributed by atoms with E-state index in [0.29, 0.717) is 13.2 Å². The van der Waals surface area contributed by atoms with Crippen molar-refractivity contribution in [3.8, 4) is 11.1 Å². The maximum Gasteiger partial charge on any atom is 0.407 e. The molecule has 0 unspecified atom stereocenters. The van der Waals surface area contributed by atoms with Gasteiger partial charge < -0.3 is 10.1 Å². The zero-order valence-corrected chi connectivity index (χ0v) is 18.5.